The van der Waals surface area contributed by atoms with Gasteiger partial charge in [0, 0.05) is 41.7 Å². The van der Waals surface area contributed by atoms with Crippen LogP contribution in [0.2, 0.25) is 0 Å². The molecule has 0 bridgehead atoms. The number of hydrogen-bond acceptors (Lipinski definition) is 4. The molecule has 6 nitrogen and oxygen atoms in total. The van der Waals surface area contributed by atoms with Crippen molar-refractivity contribution < 1.29 is 0 Å². The van der Waals surface area contributed by atoms with Gasteiger partial charge in [-0.05, 0) is 40.1 Å². The molecule has 0 aliphatic carbocycles. The van der Waals surface area contributed by atoms with Gasteiger partial charge in [0.2, 0.25) is 0 Å². The number of aliphatic imine (C=N–C) groups is 1. The molecule has 0 spiro atoms. The predicted octanol–water partition coefficient (Wildman–Crippen LogP) is 2.77. The zero-order chi connectivity index (χ0) is 17.5. The second-order valence-electron chi connectivity index (χ2n) is 6.02. The lowest BCUT2D eigenvalue weighted by Crippen LogP contribution is -2.41. The lowest BCUT2D eigenvalue weighted by atomic mass is 10.1. The third kappa shape index (κ3) is 6.95. The van der Waals surface area contributed by atoms with Crippen LogP contribution in [0.4, 0.5) is 0 Å². The fourth-order valence-electron chi connectivity index (χ4n) is 2.47. The number of nitrogens with one attached hydrogen (secondary N) is 2. The molecule has 0 aliphatic rings. The van der Waals surface area contributed by atoms with Gasteiger partial charge in [-0.2, -0.15) is 5.10 Å². The van der Waals surface area contributed by atoms with Crippen molar-refractivity contribution in [2.45, 2.75) is 26.4 Å². The maximum Gasteiger partial charge on any atom is 0.191 e. The fraction of sp³-hybridized carbons (Fsp3) is 0.529. The van der Waals surface area contributed by atoms with Gasteiger partial charge in [0.15, 0.2) is 5.96 Å². The van der Waals surface area contributed by atoms with E-state index in [0.717, 1.165) is 19.0 Å². The van der Waals surface area contributed by atoms with Gasteiger partial charge in [-0.3, -0.25) is 4.68 Å². The number of rotatable bonds is 7. The van der Waals surface area contributed by atoms with Crippen molar-refractivity contribution in [3.63, 3.8) is 0 Å². The summed E-state index contributed by atoms with van der Waals surface area (Å²) in [4.78, 5) is 9.48. The number of likely N-dealkylation sites (N-methyl/N-ethyl adjacent to an activating group) is 1. The first-order valence-electron chi connectivity index (χ1n) is 8.22. The van der Waals surface area contributed by atoms with Crippen LogP contribution in [0.15, 0.2) is 29.5 Å². The van der Waals surface area contributed by atoms with Crippen LogP contribution >= 0.6 is 35.3 Å². The average Bonchev–Trinajstić information content (AvgIpc) is 3.13. The molecular weight excluding hydrogens is 447 g/mol. The van der Waals surface area contributed by atoms with Crippen LogP contribution in [-0.2, 0) is 13.6 Å². The lowest BCUT2D eigenvalue weighted by molar-refractivity contribution is 0.298. The van der Waals surface area contributed by atoms with E-state index < -0.39 is 0 Å². The van der Waals surface area contributed by atoms with Crippen LogP contribution < -0.4 is 10.6 Å². The van der Waals surface area contributed by atoms with Crippen molar-refractivity contribution in [1.29, 1.82) is 0 Å². The summed E-state index contributed by atoms with van der Waals surface area (Å²) in [5.74, 6) is 0.847. The molecule has 0 saturated heterocycles. The van der Waals surface area contributed by atoms with Crippen molar-refractivity contribution in [3.8, 4) is 0 Å². The van der Waals surface area contributed by atoms with Crippen molar-refractivity contribution in [2.24, 2.45) is 12.0 Å². The van der Waals surface area contributed by atoms with Crippen molar-refractivity contribution >= 4 is 41.3 Å². The summed E-state index contributed by atoms with van der Waals surface area (Å²) < 4.78 is 1.84. The van der Waals surface area contributed by atoms with E-state index >= 15 is 0 Å². The summed E-state index contributed by atoms with van der Waals surface area (Å²) >= 11 is 1.79. The molecule has 2 rings (SSSR count). The highest BCUT2D eigenvalue weighted by Crippen LogP contribution is 2.17. The number of hydrogen-bond donors (Lipinski definition) is 2. The number of thiophene rings is 1. The van der Waals surface area contributed by atoms with Gasteiger partial charge in [-0.1, -0.05) is 0 Å². The lowest BCUT2D eigenvalue weighted by Gasteiger charge is -2.24. The minimum absolute atomic E-state index is 0. The summed E-state index contributed by atoms with van der Waals surface area (Å²) in [6.45, 7) is 6.52. The molecule has 0 amide bonds. The molecule has 0 fully saturated rings. The van der Waals surface area contributed by atoms with Gasteiger partial charge in [0.1, 0.15) is 0 Å². The van der Waals surface area contributed by atoms with Crippen LogP contribution in [0, 0.1) is 6.92 Å². The standard InChI is InChI=1S/C17H28N6S.HI/c1-6-18-17(19-10-15-8-7-13(2)24-15)20-11-16(22(3)4)14-9-21-23(5)12-14;/h7-9,12,16H,6,10-11H2,1-5H3,(H2,18,19,20);1H. The quantitative estimate of drug-likeness (QED) is 0.367. The van der Waals surface area contributed by atoms with E-state index in [4.69, 9.17) is 4.99 Å². The second-order valence-corrected chi connectivity index (χ2v) is 7.39. The second kappa shape index (κ2) is 10.8. The monoisotopic (exact) mass is 476 g/mol. The van der Waals surface area contributed by atoms with Crippen LogP contribution in [0.1, 0.15) is 28.3 Å². The topological polar surface area (TPSA) is 57.5 Å². The Morgan fingerprint density at radius 3 is 2.64 bits per heavy atom. The number of guanidine groups is 1. The van der Waals surface area contributed by atoms with E-state index in [1.165, 1.54) is 15.3 Å². The highest BCUT2D eigenvalue weighted by Gasteiger charge is 2.16. The summed E-state index contributed by atoms with van der Waals surface area (Å²) in [6, 6.07) is 4.53. The molecule has 8 heteroatoms. The highest BCUT2D eigenvalue weighted by molar-refractivity contribution is 14.0. The molecule has 2 N–H and O–H groups in total. The van der Waals surface area contributed by atoms with Crippen LogP contribution in [0.5, 0.6) is 0 Å². The van der Waals surface area contributed by atoms with Gasteiger partial charge in [-0.15, -0.1) is 35.3 Å². The van der Waals surface area contributed by atoms with Crippen molar-refractivity contribution in [1.82, 2.24) is 25.3 Å². The molecule has 0 saturated carbocycles. The minimum atomic E-state index is 0. The van der Waals surface area contributed by atoms with Gasteiger partial charge >= 0.3 is 0 Å². The first-order valence-corrected chi connectivity index (χ1v) is 9.03. The number of nitrogens with zero attached hydrogens (tertiary/aromatic N) is 4. The summed E-state index contributed by atoms with van der Waals surface area (Å²) in [5, 5.41) is 11.0. The largest absolute Gasteiger partial charge is 0.357 e. The summed E-state index contributed by atoms with van der Waals surface area (Å²) in [5.41, 5.74) is 1.19. The Morgan fingerprint density at radius 2 is 2.12 bits per heavy atom. The SMILES string of the molecule is CCNC(=NCc1ccc(C)s1)NCC(c1cnn(C)c1)N(C)C.I. The molecule has 140 valence electrons. The first kappa shape index (κ1) is 21.9. The van der Waals surface area contributed by atoms with Crippen molar-refractivity contribution in [3.05, 3.63) is 39.8 Å². The molecular formula is C17H29IN6S. The Kier molecular flexibility index (Phi) is 9.44. The third-order valence-corrected chi connectivity index (χ3v) is 4.71. The number of aryl methyl sites for hydroxylation is 2. The molecule has 1 unspecified atom stereocenters. The molecule has 2 heterocycles. The van der Waals surface area contributed by atoms with E-state index in [1.807, 2.05) is 17.9 Å². The van der Waals surface area contributed by atoms with E-state index in [-0.39, 0.29) is 30.0 Å². The maximum atomic E-state index is 4.69. The molecule has 2 aromatic heterocycles. The number of halogens is 1. The van der Waals surface area contributed by atoms with Crippen molar-refractivity contribution in [2.75, 3.05) is 27.2 Å². The molecule has 1 atom stereocenters. The van der Waals surface area contributed by atoms with E-state index in [1.54, 1.807) is 11.3 Å². The maximum absolute atomic E-state index is 4.69. The average molecular weight is 476 g/mol. The molecule has 25 heavy (non-hydrogen) atoms. The smallest absolute Gasteiger partial charge is 0.191 e. The molecule has 0 radical (unpaired) electrons. The Hall–Kier alpha value is -1.13. The Labute approximate surface area is 171 Å². The van der Waals surface area contributed by atoms with E-state index in [0.29, 0.717) is 6.54 Å². The van der Waals surface area contributed by atoms with Gasteiger partial charge in [0.05, 0.1) is 18.8 Å². The summed E-state index contributed by atoms with van der Waals surface area (Å²) in [7, 11) is 6.11. The minimum Gasteiger partial charge on any atom is -0.357 e. The normalized spacial score (nSPS) is 12.8. The third-order valence-electron chi connectivity index (χ3n) is 3.73. The molecule has 0 aromatic carbocycles. The fourth-order valence-corrected chi connectivity index (χ4v) is 3.29. The van der Waals surface area contributed by atoms with Crippen LogP contribution in [0.25, 0.3) is 0 Å². The van der Waals surface area contributed by atoms with Gasteiger partial charge in [0.25, 0.3) is 0 Å². The first-order chi connectivity index (χ1) is 11.5. The molecule has 0 aliphatic heterocycles. The van der Waals surface area contributed by atoms with E-state index in [2.05, 4.69) is 66.9 Å². The van der Waals surface area contributed by atoms with E-state index in [9.17, 15) is 0 Å². The van der Waals surface area contributed by atoms with Gasteiger partial charge in [-0.25, -0.2) is 4.99 Å². The zero-order valence-corrected chi connectivity index (χ0v) is 18.8. The number of aromatic nitrogens is 2. The molecule has 2 aromatic rings. The Balaban J connectivity index is 0.00000312. The predicted molar refractivity (Wildman–Crippen MR) is 117 cm³/mol. The highest BCUT2D eigenvalue weighted by atomic mass is 127. The van der Waals surface area contributed by atoms with Crippen LogP contribution in [-0.4, -0.2) is 47.8 Å². The summed E-state index contributed by atoms with van der Waals surface area (Å²) in [6.07, 6.45) is 3.98. The van der Waals surface area contributed by atoms with Crippen LogP contribution in [0.3, 0.4) is 0 Å². The van der Waals surface area contributed by atoms with Gasteiger partial charge < -0.3 is 15.5 Å². The Morgan fingerprint density at radius 1 is 1.36 bits per heavy atom. The Bertz CT molecular complexity index is 664. The zero-order valence-electron chi connectivity index (χ0n) is 15.6.